The Morgan fingerprint density at radius 1 is 1.16 bits per heavy atom. The second-order valence-electron chi connectivity index (χ2n) is 5.34. The standard InChI is InChI=1S/C14H27N5/c1-5-13(15)9-12-10-16-14(17-11-12)19(4)8-6-7-18(2)3/h10-11,13H,5-9,15H2,1-4H3. The van der Waals surface area contributed by atoms with Crippen molar-refractivity contribution in [1.82, 2.24) is 14.9 Å². The zero-order valence-electron chi connectivity index (χ0n) is 12.6. The fraction of sp³-hybridized carbons (Fsp3) is 0.714. The van der Waals surface area contributed by atoms with E-state index in [1.54, 1.807) is 0 Å². The first-order chi connectivity index (χ1) is 9.02. The summed E-state index contributed by atoms with van der Waals surface area (Å²) < 4.78 is 0. The predicted octanol–water partition coefficient (Wildman–Crippen LogP) is 1.14. The smallest absolute Gasteiger partial charge is 0.224 e. The second-order valence-corrected chi connectivity index (χ2v) is 5.34. The summed E-state index contributed by atoms with van der Waals surface area (Å²) in [6.45, 7) is 4.14. The third-order valence-electron chi connectivity index (χ3n) is 3.15. The zero-order valence-corrected chi connectivity index (χ0v) is 12.6. The summed E-state index contributed by atoms with van der Waals surface area (Å²) in [5.74, 6) is 0.785. The van der Waals surface area contributed by atoms with E-state index < -0.39 is 0 Å². The minimum absolute atomic E-state index is 0.201. The van der Waals surface area contributed by atoms with Gasteiger partial charge in [0.25, 0.3) is 0 Å². The summed E-state index contributed by atoms with van der Waals surface area (Å²) >= 11 is 0. The van der Waals surface area contributed by atoms with Crippen molar-refractivity contribution < 1.29 is 0 Å². The molecule has 0 fully saturated rings. The van der Waals surface area contributed by atoms with Crippen LogP contribution in [0.3, 0.4) is 0 Å². The van der Waals surface area contributed by atoms with Gasteiger partial charge in [0.15, 0.2) is 0 Å². The van der Waals surface area contributed by atoms with Gasteiger partial charge in [-0.25, -0.2) is 9.97 Å². The molecule has 5 nitrogen and oxygen atoms in total. The average molecular weight is 265 g/mol. The SMILES string of the molecule is CCC(N)Cc1cnc(N(C)CCCN(C)C)nc1. The Bertz CT molecular complexity index is 349. The minimum atomic E-state index is 0.201. The van der Waals surface area contributed by atoms with E-state index in [0.29, 0.717) is 0 Å². The van der Waals surface area contributed by atoms with Crippen molar-refractivity contribution in [2.24, 2.45) is 5.73 Å². The van der Waals surface area contributed by atoms with Crippen LogP contribution >= 0.6 is 0 Å². The van der Waals surface area contributed by atoms with Crippen molar-refractivity contribution in [3.8, 4) is 0 Å². The van der Waals surface area contributed by atoms with E-state index in [0.717, 1.165) is 43.9 Å². The Morgan fingerprint density at radius 2 is 1.79 bits per heavy atom. The topological polar surface area (TPSA) is 58.3 Å². The van der Waals surface area contributed by atoms with Gasteiger partial charge in [0.1, 0.15) is 0 Å². The van der Waals surface area contributed by atoms with Gasteiger partial charge in [0.05, 0.1) is 0 Å². The molecule has 5 heteroatoms. The molecule has 0 bridgehead atoms. The zero-order chi connectivity index (χ0) is 14.3. The molecule has 0 radical (unpaired) electrons. The van der Waals surface area contributed by atoms with Gasteiger partial charge in [0.2, 0.25) is 5.95 Å². The highest BCUT2D eigenvalue weighted by atomic mass is 15.2. The largest absolute Gasteiger partial charge is 0.344 e. The van der Waals surface area contributed by atoms with E-state index in [2.05, 4.69) is 40.8 Å². The second kappa shape index (κ2) is 8.07. The lowest BCUT2D eigenvalue weighted by atomic mass is 10.1. The Morgan fingerprint density at radius 3 is 2.32 bits per heavy atom. The maximum atomic E-state index is 5.93. The van der Waals surface area contributed by atoms with Crippen molar-refractivity contribution in [2.75, 3.05) is 39.1 Å². The molecule has 0 aliphatic carbocycles. The predicted molar refractivity (Wildman–Crippen MR) is 80.4 cm³/mol. The van der Waals surface area contributed by atoms with Crippen LogP contribution in [0, 0.1) is 0 Å². The number of nitrogens with zero attached hydrogens (tertiary/aromatic N) is 4. The number of rotatable bonds is 8. The van der Waals surface area contributed by atoms with Crippen LogP contribution in [0.2, 0.25) is 0 Å². The lowest BCUT2D eigenvalue weighted by Crippen LogP contribution is -2.25. The summed E-state index contributed by atoms with van der Waals surface area (Å²) in [6.07, 6.45) is 6.71. The first kappa shape index (κ1) is 15.9. The highest BCUT2D eigenvalue weighted by molar-refractivity contribution is 5.28. The summed E-state index contributed by atoms with van der Waals surface area (Å²) in [6, 6.07) is 0.201. The normalized spacial score (nSPS) is 12.7. The molecule has 2 N–H and O–H groups in total. The van der Waals surface area contributed by atoms with E-state index in [1.165, 1.54) is 0 Å². The molecule has 1 unspecified atom stereocenters. The van der Waals surface area contributed by atoms with Crippen LogP contribution in [0.4, 0.5) is 5.95 Å². The molecular formula is C14H27N5. The molecule has 0 amide bonds. The third-order valence-corrected chi connectivity index (χ3v) is 3.15. The molecule has 0 saturated heterocycles. The van der Waals surface area contributed by atoms with Crippen LogP contribution < -0.4 is 10.6 Å². The fourth-order valence-corrected chi connectivity index (χ4v) is 1.82. The number of aromatic nitrogens is 2. The monoisotopic (exact) mass is 265 g/mol. The van der Waals surface area contributed by atoms with E-state index >= 15 is 0 Å². The van der Waals surface area contributed by atoms with Crippen LogP contribution in [0.5, 0.6) is 0 Å². The van der Waals surface area contributed by atoms with Crippen LogP contribution in [0.25, 0.3) is 0 Å². The van der Waals surface area contributed by atoms with Gasteiger partial charge in [0, 0.05) is 32.0 Å². The number of nitrogens with two attached hydrogens (primary N) is 1. The van der Waals surface area contributed by atoms with Crippen molar-refractivity contribution in [2.45, 2.75) is 32.2 Å². The summed E-state index contributed by atoms with van der Waals surface area (Å²) in [5, 5.41) is 0. The molecule has 1 aromatic rings. The number of anilines is 1. The molecule has 0 aliphatic rings. The molecule has 0 saturated carbocycles. The van der Waals surface area contributed by atoms with Crippen molar-refractivity contribution >= 4 is 5.95 Å². The molecule has 19 heavy (non-hydrogen) atoms. The van der Waals surface area contributed by atoms with Crippen LogP contribution in [-0.2, 0) is 6.42 Å². The first-order valence-corrected chi connectivity index (χ1v) is 6.95. The number of hydrogen-bond acceptors (Lipinski definition) is 5. The van der Waals surface area contributed by atoms with Crippen LogP contribution in [0.1, 0.15) is 25.3 Å². The van der Waals surface area contributed by atoms with E-state index in [-0.39, 0.29) is 6.04 Å². The molecule has 108 valence electrons. The Labute approximate surface area is 116 Å². The van der Waals surface area contributed by atoms with Gasteiger partial charge in [-0.1, -0.05) is 6.92 Å². The molecule has 1 aromatic heterocycles. The molecule has 0 spiro atoms. The van der Waals surface area contributed by atoms with Crippen LogP contribution in [0.15, 0.2) is 12.4 Å². The van der Waals surface area contributed by atoms with Gasteiger partial charge >= 0.3 is 0 Å². The van der Waals surface area contributed by atoms with Gasteiger partial charge in [-0.2, -0.15) is 0 Å². The summed E-state index contributed by atoms with van der Waals surface area (Å²) in [7, 11) is 6.20. The highest BCUT2D eigenvalue weighted by Gasteiger charge is 2.06. The number of hydrogen-bond donors (Lipinski definition) is 1. The lowest BCUT2D eigenvalue weighted by molar-refractivity contribution is 0.401. The average Bonchev–Trinajstić information content (AvgIpc) is 2.38. The molecule has 0 aromatic carbocycles. The van der Waals surface area contributed by atoms with E-state index in [1.807, 2.05) is 19.4 Å². The lowest BCUT2D eigenvalue weighted by Gasteiger charge is -2.18. The van der Waals surface area contributed by atoms with Gasteiger partial charge in [-0.15, -0.1) is 0 Å². The molecule has 1 heterocycles. The first-order valence-electron chi connectivity index (χ1n) is 6.95. The quantitative estimate of drug-likeness (QED) is 0.764. The van der Waals surface area contributed by atoms with Gasteiger partial charge in [-0.05, 0) is 45.5 Å². The minimum Gasteiger partial charge on any atom is -0.344 e. The van der Waals surface area contributed by atoms with Crippen molar-refractivity contribution in [3.63, 3.8) is 0 Å². The third kappa shape index (κ3) is 5.98. The van der Waals surface area contributed by atoms with Crippen LogP contribution in [-0.4, -0.2) is 55.1 Å². The Kier molecular flexibility index (Phi) is 6.73. The highest BCUT2D eigenvalue weighted by Crippen LogP contribution is 2.07. The van der Waals surface area contributed by atoms with Gasteiger partial charge in [-0.3, -0.25) is 0 Å². The van der Waals surface area contributed by atoms with Crippen molar-refractivity contribution in [3.05, 3.63) is 18.0 Å². The summed E-state index contributed by atoms with van der Waals surface area (Å²) in [5.41, 5.74) is 7.04. The van der Waals surface area contributed by atoms with Gasteiger partial charge < -0.3 is 15.5 Å². The van der Waals surface area contributed by atoms with E-state index in [4.69, 9.17) is 5.73 Å². The van der Waals surface area contributed by atoms with E-state index in [9.17, 15) is 0 Å². The molecule has 1 rings (SSSR count). The van der Waals surface area contributed by atoms with Crippen molar-refractivity contribution in [1.29, 1.82) is 0 Å². The molecular weight excluding hydrogens is 238 g/mol. The Hall–Kier alpha value is -1.20. The maximum absolute atomic E-state index is 5.93. The molecule has 1 atom stereocenters. The maximum Gasteiger partial charge on any atom is 0.224 e. The Balaban J connectivity index is 2.46. The summed E-state index contributed by atoms with van der Waals surface area (Å²) in [4.78, 5) is 13.1. The fourth-order valence-electron chi connectivity index (χ4n) is 1.82. The molecule has 0 aliphatic heterocycles.